The number of carbonyl (C=O) groups excluding carboxylic acids is 1. The van der Waals surface area contributed by atoms with Gasteiger partial charge in [0.1, 0.15) is 11.5 Å². The van der Waals surface area contributed by atoms with Gasteiger partial charge in [0.05, 0.1) is 16.5 Å². The normalized spacial score (nSPS) is 15.2. The van der Waals surface area contributed by atoms with Gasteiger partial charge in [-0.1, -0.05) is 36.6 Å². The van der Waals surface area contributed by atoms with Crippen LogP contribution in [-0.2, 0) is 11.0 Å². The summed E-state index contributed by atoms with van der Waals surface area (Å²) in [5.74, 6) is -1.34. The quantitative estimate of drug-likeness (QED) is 0.269. The molecule has 0 radical (unpaired) electrons. The van der Waals surface area contributed by atoms with E-state index >= 15 is 0 Å². The fourth-order valence-corrected chi connectivity index (χ4v) is 3.58. The number of carbonyl (C=O) groups is 1. The predicted molar refractivity (Wildman–Crippen MR) is 101 cm³/mol. The first-order chi connectivity index (χ1) is 14.4. The summed E-state index contributed by atoms with van der Waals surface area (Å²) in [5, 5.41) is -0.246. The molecule has 2 aromatic carbocycles. The summed E-state index contributed by atoms with van der Waals surface area (Å²) >= 11 is 6.18. The fraction of sp³-hybridized carbons (Fsp3) is 0.381. The van der Waals surface area contributed by atoms with Crippen LogP contribution in [0.15, 0.2) is 36.4 Å². The van der Waals surface area contributed by atoms with E-state index in [1.165, 1.54) is 6.07 Å². The molecule has 1 aliphatic carbocycles. The van der Waals surface area contributed by atoms with Gasteiger partial charge in [-0.15, -0.1) is 0 Å². The molecule has 1 aliphatic rings. The Labute approximate surface area is 178 Å². The number of benzene rings is 2. The van der Waals surface area contributed by atoms with Crippen LogP contribution in [0, 0.1) is 5.92 Å². The number of alkyl halides is 6. The summed E-state index contributed by atoms with van der Waals surface area (Å²) in [7, 11) is 0. The largest absolute Gasteiger partial charge is 0.482 e. The van der Waals surface area contributed by atoms with Gasteiger partial charge >= 0.3 is 18.3 Å². The summed E-state index contributed by atoms with van der Waals surface area (Å²) in [5.41, 5.74) is -0.636. The number of ether oxygens (including phenoxy) is 2. The summed E-state index contributed by atoms with van der Waals surface area (Å²) < 4.78 is 86.4. The maximum atomic E-state index is 12.8. The van der Waals surface area contributed by atoms with Gasteiger partial charge in [0.25, 0.3) is 0 Å². The van der Waals surface area contributed by atoms with Crippen molar-refractivity contribution < 1.29 is 40.6 Å². The molecule has 0 bridgehead atoms. The number of esters is 1. The molecule has 10 heteroatoms. The molecule has 0 saturated heterocycles. The molecule has 3 nitrogen and oxygen atoms in total. The second kappa shape index (κ2) is 8.98. The van der Waals surface area contributed by atoms with Crippen molar-refractivity contribution in [2.45, 2.75) is 38.0 Å². The Morgan fingerprint density at radius 2 is 1.61 bits per heavy atom. The van der Waals surface area contributed by atoms with E-state index < -0.39 is 36.2 Å². The second-order valence-electron chi connectivity index (χ2n) is 7.16. The van der Waals surface area contributed by atoms with Gasteiger partial charge in [-0.2, -0.15) is 26.3 Å². The van der Waals surface area contributed by atoms with Gasteiger partial charge < -0.3 is 9.47 Å². The van der Waals surface area contributed by atoms with Crippen LogP contribution in [0.3, 0.4) is 0 Å². The van der Waals surface area contributed by atoms with Crippen molar-refractivity contribution in [3.8, 4) is 22.6 Å². The third-order valence-electron chi connectivity index (χ3n) is 4.83. The molecular weight excluding hydrogens is 450 g/mol. The molecule has 0 unspecified atom stereocenters. The fourth-order valence-electron chi connectivity index (χ4n) is 3.31. The SMILES string of the molecule is O=C(Oc1cc(OCC(F)(F)F)c(Cl)c(-c2ccc(C(F)(F)F)cc2)c1)C1CCCC1. The van der Waals surface area contributed by atoms with Gasteiger partial charge in [-0.3, -0.25) is 4.79 Å². The average molecular weight is 467 g/mol. The number of halogens is 7. The lowest BCUT2D eigenvalue weighted by molar-refractivity contribution is -0.153. The molecule has 1 saturated carbocycles. The predicted octanol–water partition coefficient (Wildman–Crippen LogP) is 7.06. The lowest BCUT2D eigenvalue weighted by Gasteiger charge is -2.17. The third kappa shape index (κ3) is 6.06. The highest BCUT2D eigenvalue weighted by Gasteiger charge is 2.31. The molecule has 0 heterocycles. The van der Waals surface area contributed by atoms with E-state index in [2.05, 4.69) is 0 Å². The zero-order valence-electron chi connectivity index (χ0n) is 15.9. The van der Waals surface area contributed by atoms with E-state index in [4.69, 9.17) is 21.1 Å². The van der Waals surface area contributed by atoms with E-state index in [0.717, 1.165) is 43.2 Å². The number of hydrogen-bond donors (Lipinski definition) is 0. The van der Waals surface area contributed by atoms with Gasteiger partial charge in [-0.05, 0) is 36.6 Å². The van der Waals surface area contributed by atoms with Gasteiger partial charge in [-0.25, -0.2) is 0 Å². The van der Waals surface area contributed by atoms with Crippen LogP contribution >= 0.6 is 11.6 Å². The van der Waals surface area contributed by atoms with Crippen LogP contribution in [0.2, 0.25) is 5.02 Å². The molecule has 3 rings (SSSR count). The first-order valence-corrected chi connectivity index (χ1v) is 9.74. The number of rotatable bonds is 5. The maximum absolute atomic E-state index is 12.8. The molecule has 1 fully saturated rings. The minimum absolute atomic E-state index is 0.0734. The van der Waals surface area contributed by atoms with Crippen molar-refractivity contribution in [1.29, 1.82) is 0 Å². The highest BCUT2D eigenvalue weighted by Crippen LogP contribution is 2.41. The van der Waals surface area contributed by atoms with Crippen LogP contribution < -0.4 is 9.47 Å². The maximum Gasteiger partial charge on any atom is 0.422 e. The van der Waals surface area contributed by atoms with Gasteiger partial charge in [0.2, 0.25) is 0 Å². The van der Waals surface area contributed by atoms with Crippen molar-refractivity contribution in [2.75, 3.05) is 6.61 Å². The Hall–Kier alpha value is -2.42. The summed E-state index contributed by atoms with van der Waals surface area (Å²) in [6.07, 6.45) is -6.16. The first-order valence-electron chi connectivity index (χ1n) is 9.36. The van der Waals surface area contributed by atoms with Crippen molar-refractivity contribution in [1.82, 2.24) is 0 Å². The molecule has 2 aromatic rings. The smallest absolute Gasteiger partial charge is 0.422 e. The Balaban J connectivity index is 1.96. The molecule has 0 aromatic heterocycles. The summed E-state index contributed by atoms with van der Waals surface area (Å²) in [6.45, 7) is -1.64. The monoisotopic (exact) mass is 466 g/mol. The van der Waals surface area contributed by atoms with Crippen LogP contribution in [0.5, 0.6) is 11.5 Å². The lowest BCUT2D eigenvalue weighted by Crippen LogP contribution is -2.20. The second-order valence-corrected chi connectivity index (χ2v) is 7.54. The standard InChI is InChI=1S/C21H17ClF6O3/c22-18-16(12-5-7-14(8-6-12)21(26,27)28)9-15(10-17(18)30-11-20(23,24)25)31-19(29)13-3-1-2-4-13/h5-10,13H,1-4,11H2. The lowest BCUT2D eigenvalue weighted by atomic mass is 10.0. The van der Waals surface area contributed by atoms with E-state index in [1.807, 2.05) is 0 Å². The van der Waals surface area contributed by atoms with Crippen molar-refractivity contribution in [3.05, 3.63) is 47.0 Å². The first kappa shape index (κ1) is 23.2. The Kier molecular flexibility index (Phi) is 6.73. The molecule has 0 N–H and O–H groups in total. The molecule has 168 valence electrons. The van der Waals surface area contributed by atoms with Crippen LogP contribution in [-0.4, -0.2) is 18.8 Å². The zero-order valence-corrected chi connectivity index (χ0v) is 16.7. The highest BCUT2D eigenvalue weighted by atomic mass is 35.5. The van der Waals surface area contributed by atoms with Crippen LogP contribution in [0.1, 0.15) is 31.2 Å². The molecule has 0 aliphatic heterocycles. The van der Waals surface area contributed by atoms with Gasteiger partial charge in [0.15, 0.2) is 6.61 Å². The average Bonchev–Trinajstić information content (AvgIpc) is 3.22. The highest BCUT2D eigenvalue weighted by molar-refractivity contribution is 6.35. The Morgan fingerprint density at radius 1 is 1.00 bits per heavy atom. The Bertz CT molecular complexity index is 932. The van der Waals surface area contributed by atoms with Crippen molar-refractivity contribution in [3.63, 3.8) is 0 Å². The molecule has 0 atom stereocenters. The molecule has 0 amide bonds. The van der Waals surface area contributed by atoms with Crippen molar-refractivity contribution in [2.24, 2.45) is 5.92 Å². The third-order valence-corrected chi connectivity index (χ3v) is 5.22. The number of hydrogen-bond acceptors (Lipinski definition) is 3. The Morgan fingerprint density at radius 3 is 2.16 bits per heavy atom. The summed E-state index contributed by atoms with van der Waals surface area (Å²) in [6, 6.07) is 6.24. The van der Waals surface area contributed by atoms with Crippen LogP contribution in [0.25, 0.3) is 11.1 Å². The van der Waals surface area contributed by atoms with E-state index in [1.54, 1.807) is 0 Å². The molecular formula is C21H17ClF6O3. The minimum Gasteiger partial charge on any atom is -0.482 e. The van der Waals surface area contributed by atoms with Crippen molar-refractivity contribution >= 4 is 17.6 Å². The minimum atomic E-state index is -4.64. The van der Waals surface area contributed by atoms with E-state index in [9.17, 15) is 31.1 Å². The summed E-state index contributed by atoms with van der Waals surface area (Å²) in [4.78, 5) is 12.3. The topological polar surface area (TPSA) is 35.5 Å². The molecule has 0 spiro atoms. The zero-order chi connectivity index (χ0) is 22.8. The van der Waals surface area contributed by atoms with E-state index in [-0.39, 0.29) is 27.8 Å². The van der Waals surface area contributed by atoms with Gasteiger partial charge in [0, 0.05) is 11.6 Å². The van der Waals surface area contributed by atoms with Crippen LogP contribution in [0.4, 0.5) is 26.3 Å². The molecule has 31 heavy (non-hydrogen) atoms. The van der Waals surface area contributed by atoms with E-state index in [0.29, 0.717) is 12.8 Å².